The van der Waals surface area contributed by atoms with Gasteiger partial charge in [-0.2, -0.15) is 18.4 Å². The van der Waals surface area contributed by atoms with Crippen molar-refractivity contribution in [3.05, 3.63) is 33.8 Å². The molecule has 0 heterocycles. The van der Waals surface area contributed by atoms with Crippen molar-refractivity contribution in [3.63, 3.8) is 0 Å². The van der Waals surface area contributed by atoms with Crippen LogP contribution >= 0.6 is 11.6 Å². The summed E-state index contributed by atoms with van der Waals surface area (Å²) in [6, 6.07) is 3.01. The minimum absolute atomic E-state index is 0.144. The Morgan fingerprint density at radius 3 is 2.47 bits per heavy atom. The van der Waals surface area contributed by atoms with E-state index >= 15 is 0 Å². The molecule has 1 rings (SSSR count). The highest BCUT2D eigenvalue weighted by atomic mass is 35.5. The lowest BCUT2D eigenvalue weighted by Crippen LogP contribution is -2.16. The van der Waals surface area contributed by atoms with Gasteiger partial charge >= 0.3 is 12.1 Å². The van der Waals surface area contributed by atoms with Crippen molar-refractivity contribution >= 4 is 17.6 Å². The summed E-state index contributed by atoms with van der Waals surface area (Å²) in [6.45, 7) is 0. The quantitative estimate of drug-likeness (QED) is 0.732. The number of carbonyl (C=O) groups is 1. The van der Waals surface area contributed by atoms with Crippen molar-refractivity contribution in [2.75, 3.05) is 7.11 Å². The first-order chi connectivity index (χ1) is 7.81. The first-order valence-corrected chi connectivity index (χ1v) is 4.58. The average molecular weight is 264 g/mol. The molecule has 0 saturated carbocycles. The number of nitriles is 1. The van der Waals surface area contributed by atoms with Gasteiger partial charge in [0.05, 0.1) is 29.9 Å². The Hall–Kier alpha value is -1.74. The van der Waals surface area contributed by atoms with Crippen LogP contribution in [0.25, 0.3) is 0 Å². The summed E-state index contributed by atoms with van der Waals surface area (Å²) in [5.74, 6) is -1.20. The van der Waals surface area contributed by atoms with Gasteiger partial charge in [-0.1, -0.05) is 11.6 Å². The highest BCUT2D eigenvalue weighted by Gasteiger charge is 2.38. The van der Waals surface area contributed by atoms with E-state index < -0.39 is 28.8 Å². The third kappa shape index (κ3) is 2.68. The highest BCUT2D eigenvalue weighted by Crippen LogP contribution is 2.36. The van der Waals surface area contributed by atoms with E-state index in [0.717, 1.165) is 19.2 Å². The largest absolute Gasteiger partial charge is 0.465 e. The van der Waals surface area contributed by atoms with Gasteiger partial charge in [0.15, 0.2) is 0 Å². The fraction of sp³-hybridized carbons (Fsp3) is 0.200. The molecule has 3 nitrogen and oxygen atoms in total. The number of halogens is 4. The Bertz CT molecular complexity index is 505. The first-order valence-electron chi connectivity index (χ1n) is 4.20. The first kappa shape index (κ1) is 13.3. The fourth-order valence-corrected chi connectivity index (χ4v) is 1.49. The molecular formula is C10H5ClF3NO2. The van der Waals surface area contributed by atoms with Crippen LogP contribution in [0.3, 0.4) is 0 Å². The normalized spacial score (nSPS) is 10.8. The maximum absolute atomic E-state index is 12.7. The smallest absolute Gasteiger partial charge is 0.418 e. The second-order valence-electron chi connectivity index (χ2n) is 2.98. The Labute approximate surface area is 99.4 Å². The van der Waals surface area contributed by atoms with Gasteiger partial charge < -0.3 is 4.74 Å². The zero-order valence-corrected chi connectivity index (χ0v) is 9.19. The molecule has 0 aliphatic carbocycles. The molecule has 0 radical (unpaired) electrons. The summed E-state index contributed by atoms with van der Waals surface area (Å²) in [4.78, 5) is 11.2. The molecule has 0 aromatic heterocycles. The maximum atomic E-state index is 12.7. The number of esters is 1. The second-order valence-corrected chi connectivity index (χ2v) is 3.41. The van der Waals surface area contributed by atoms with Crippen molar-refractivity contribution < 1.29 is 22.7 Å². The van der Waals surface area contributed by atoms with E-state index in [1.54, 1.807) is 0 Å². The summed E-state index contributed by atoms with van der Waals surface area (Å²) in [5, 5.41) is 8.48. The van der Waals surface area contributed by atoms with Gasteiger partial charge in [-0.05, 0) is 12.1 Å². The number of methoxy groups -OCH3 is 1. The molecule has 0 unspecified atom stereocenters. The monoisotopic (exact) mass is 263 g/mol. The van der Waals surface area contributed by atoms with Crippen LogP contribution in [0.1, 0.15) is 21.5 Å². The van der Waals surface area contributed by atoms with Crippen LogP contribution < -0.4 is 0 Å². The van der Waals surface area contributed by atoms with Gasteiger partial charge in [-0.3, -0.25) is 0 Å². The topological polar surface area (TPSA) is 50.1 Å². The molecule has 0 spiro atoms. The van der Waals surface area contributed by atoms with Crippen LogP contribution in [0.2, 0.25) is 5.02 Å². The average Bonchev–Trinajstić information content (AvgIpc) is 2.24. The second kappa shape index (κ2) is 4.63. The van der Waals surface area contributed by atoms with Crippen LogP contribution in [-0.2, 0) is 10.9 Å². The molecule has 7 heteroatoms. The molecule has 1 aromatic rings. The SMILES string of the molecule is COC(=O)c1cc(Cl)cc(C#N)c1C(F)(F)F. The molecule has 17 heavy (non-hydrogen) atoms. The molecule has 90 valence electrons. The molecule has 0 fully saturated rings. The van der Waals surface area contributed by atoms with E-state index in [0.29, 0.717) is 0 Å². The number of hydrogen-bond acceptors (Lipinski definition) is 3. The Kier molecular flexibility index (Phi) is 3.63. The lowest BCUT2D eigenvalue weighted by molar-refractivity contribution is -0.138. The van der Waals surface area contributed by atoms with Gasteiger partial charge in [-0.15, -0.1) is 0 Å². The van der Waals surface area contributed by atoms with E-state index in [2.05, 4.69) is 4.74 Å². The molecule has 0 N–H and O–H groups in total. The van der Waals surface area contributed by atoms with E-state index in [1.165, 1.54) is 6.07 Å². The fourth-order valence-electron chi connectivity index (χ4n) is 1.27. The Morgan fingerprint density at radius 2 is 2.06 bits per heavy atom. The lowest BCUT2D eigenvalue weighted by atomic mass is 10.0. The number of carbonyl (C=O) groups excluding carboxylic acids is 1. The van der Waals surface area contributed by atoms with Crippen LogP contribution in [0.4, 0.5) is 13.2 Å². The van der Waals surface area contributed by atoms with Crippen molar-refractivity contribution in [2.45, 2.75) is 6.18 Å². The van der Waals surface area contributed by atoms with Gasteiger partial charge in [0, 0.05) is 5.02 Å². The minimum atomic E-state index is -4.83. The van der Waals surface area contributed by atoms with Crippen molar-refractivity contribution in [2.24, 2.45) is 0 Å². The zero-order valence-electron chi connectivity index (χ0n) is 8.43. The molecular weight excluding hydrogens is 259 g/mol. The summed E-state index contributed by atoms with van der Waals surface area (Å²) in [7, 11) is 0.940. The predicted octanol–water partition coefficient (Wildman–Crippen LogP) is 3.02. The number of benzene rings is 1. The van der Waals surface area contributed by atoms with Gasteiger partial charge in [-0.25, -0.2) is 4.79 Å². The van der Waals surface area contributed by atoms with Crippen LogP contribution in [-0.4, -0.2) is 13.1 Å². The molecule has 0 aliphatic heterocycles. The lowest BCUT2D eigenvalue weighted by Gasteiger charge is -2.13. The number of hydrogen-bond donors (Lipinski definition) is 0. The van der Waals surface area contributed by atoms with Gasteiger partial charge in [0.2, 0.25) is 0 Å². The molecule has 1 aromatic carbocycles. The van der Waals surface area contributed by atoms with E-state index in [4.69, 9.17) is 16.9 Å². The third-order valence-electron chi connectivity index (χ3n) is 1.91. The predicted molar refractivity (Wildman–Crippen MR) is 52.5 cm³/mol. The summed E-state index contributed by atoms with van der Waals surface area (Å²) in [6.07, 6.45) is -4.83. The van der Waals surface area contributed by atoms with Gasteiger partial charge in [0.25, 0.3) is 0 Å². The summed E-state index contributed by atoms with van der Waals surface area (Å²) < 4.78 is 42.4. The number of ether oxygens (including phenoxy) is 1. The van der Waals surface area contributed by atoms with Crippen LogP contribution in [0.5, 0.6) is 0 Å². The van der Waals surface area contributed by atoms with Crippen molar-refractivity contribution in [1.29, 1.82) is 5.26 Å². The van der Waals surface area contributed by atoms with Crippen molar-refractivity contribution in [1.82, 2.24) is 0 Å². The molecule has 0 aliphatic rings. The number of alkyl halides is 3. The standard InChI is InChI=1S/C10H5ClF3NO2/c1-17-9(16)7-3-6(11)2-5(4-15)8(7)10(12,13)14/h2-3H,1H3. The van der Waals surface area contributed by atoms with Crippen molar-refractivity contribution in [3.8, 4) is 6.07 Å². The maximum Gasteiger partial charge on any atom is 0.418 e. The highest BCUT2D eigenvalue weighted by molar-refractivity contribution is 6.31. The molecule has 0 bridgehead atoms. The van der Waals surface area contributed by atoms with E-state index in [1.807, 2.05) is 0 Å². The summed E-state index contributed by atoms with van der Waals surface area (Å²) >= 11 is 5.53. The zero-order chi connectivity index (χ0) is 13.2. The van der Waals surface area contributed by atoms with Crippen LogP contribution in [0.15, 0.2) is 12.1 Å². The Morgan fingerprint density at radius 1 is 1.47 bits per heavy atom. The third-order valence-corrected chi connectivity index (χ3v) is 2.13. The van der Waals surface area contributed by atoms with Gasteiger partial charge in [0.1, 0.15) is 0 Å². The molecule has 0 amide bonds. The minimum Gasteiger partial charge on any atom is -0.465 e. The Balaban J connectivity index is 3.63. The van der Waals surface area contributed by atoms with E-state index in [9.17, 15) is 18.0 Å². The molecule has 0 saturated heterocycles. The van der Waals surface area contributed by atoms with Crippen LogP contribution in [0, 0.1) is 11.3 Å². The molecule has 0 atom stereocenters. The number of rotatable bonds is 1. The van der Waals surface area contributed by atoms with E-state index in [-0.39, 0.29) is 5.02 Å². The summed E-state index contributed by atoms with van der Waals surface area (Å²) in [5.41, 5.74) is -2.83. The number of nitrogens with zero attached hydrogens (tertiary/aromatic N) is 1.